The maximum absolute atomic E-state index is 11.4. The number of nitrogens with zero attached hydrogens (tertiary/aromatic N) is 4. The van der Waals surface area contributed by atoms with Gasteiger partial charge < -0.3 is 5.32 Å². The molecule has 7 heteroatoms. The Bertz CT molecular complexity index is 363. The van der Waals surface area contributed by atoms with Crippen molar-refractivity contribution in [3.8, 4) is 0 Å². The second-order valence-electron chi connectivity index (χ2n) is 3.78. The fourth-order valence-corrected chi connectivity index (χ4v) is 2.05. The zero-order chi connectivity index (χ0) is 11.4. The predicted octanol–water partition coefficient (Wildman–Crippen LogP) is 0.626. The molecule has 0 atom stereocenters. The zero-order valence-corrected chi connectivity index (χ0v) is 10.0. The van der Waals surface area contributed by atoms with Crippen LogP contribution in [-0.2, 0) is 4.79 Å². The molecule has 0 spiro atoms. The second kappa shape index (κ2) is 5.29. The van der Waals surface area contributed by atoms with Crippen molar-refractivity contribution in [3.05, 3.63) is 0 Å². The van der Waals surface area contributed by atoms with Crippen LogP contribution in [0, 0.1) is 0 Å². The van der Waals surface area contributed by atoms with Crippen LogP contribution in [0.3, 0.4) is 0 Å². The molecule has 1 aliphatic rings. The molecule has 0 radical (unpaired) electrons. The SMILES string of the molecule is CCCNC(=O)CSc1nnnn1C1CC1. The van der Waals surface area contributed by atoms with Gasteiger partial charge in [-0.3, -0.25) is 4.79 Å². The van der Waals surface area contributed by atoms with Gasteiger partial charge in [0.1, 0.15) is 0 Å². The number of carbonyl (C=O) groups is 1. The molecule has 1 saturated carbocycles. The third kappa shape index (κ3) is 2.94. The summed E-state index contributed by atoms with van der Waals surface area (Å²) in [6.07, 6.45) is 3.23. The average molecular weight is 241 g/mol. The average Bonchev–Trinajstić information content (AvgIpc) is 3.03. The maximum atomic E-state index is 11.4. The van der Waals surface area contributed by atoms with Crippen LogP contribution in [0.15, 0.2) is 5.16 Å². The van der Waals surface area contributed by atoms with Crippen LogP contribution < -0.4 is 5.32 Å². The second-order valence-corrected chi connectivity index (χ2v) is 4.72. The normalized spacial score (nSPS) is 15.1. The summed E-state index contributed by atoms with van der Waals surface area (Å²) in [7, 11) is 0. The molecule has 1 fully saturated rings. The Labute approximate surface area is 98.2 Å². The molecule has 0 aliphatic heterocycles. The van der Waals surface area contributed by atoms with Gasteiger partial charge >= 0.3 is 0 Å². The lowest BCUT2D eigenvalue weighted by Crippen LogP contribution is -2.25. The van der Waals surface area contributed by atoms with Gasteiger partial charge in [0.2, 0.25) is 11.1 Å². The van der Waals surface area contributed by atoms with E-state index in [-0.39, 0.29) is 5.91 Å². The molecule has 16 heavy (non-hydrogen) atoms. The number of carbonyl (C=O) groups excluding carboxylic acids is 1. The molecule has 88 valence electrons. The van der Waals surface area contributed by atoms with Crippen molar-refractivity contribution in [3.63, 3.8) is 0 Å². The number of hydrogen-bond acceptors (Lipinski definition) is 5. The fourth-order valence-electron chi connectivity index (χ4n) is 1.27. The highest BCUT2D eigenvalue weighted by Crippen LogP contribution is 2.36. The molecule has 1 amide bonds. The Morgan fingerprint density at radius 1 is 1.62 bits per heavy atom. The van der Waals surface area contributed by atoms with E-state index in [1.165, 1.54) is 11.8 Å². The van der Waals surface area contributed by atoms with Crippen LogP contribution in [0.5, 0.6) is 0 Å². The minimum atomic E-state index is 0.0391. The summed E-state index contributed by atoms with van der Waals surface area (Å²) in [6.45, 7) is 2.76. The van der Waals surface area contributed by atoms with Gasteiger partial charge in [0.05, 0.1) is 11.8 Å². The number of nitrogens with one attached hydrogen (secondary N) is 1. The van der Waals surface area contributed by atoms with Gasteiger partial charge in [-0.15, -0.1) is 5.10 Å². The van der Waals surface area contributed by atoms with Crippen LogP contribution in [0.2, 0.25) is 0 Å². The largest absolute Gasteiger partial charge is 0.355 e. The summed E-state index contributed by atoms with van der Waals surface area (Å²) in [4.78, 5) is 11.4. The zero-order valence-electron chi connectivity index (χ0n) is 9.22. The number of thioether (sulfide) groups is 1. The first-order chi connectivity index (χ1) is 7.81. The Kier molecular flexibility index (Phi) is 3.76. The van der Waals surface area contributed by atoms with Gasteiger partial charge in [0.25, 0.3) is 0 Å². The molecule has 0 bridgehead atoms. The van der Waals surface area contributed by atoms with Crippen molar-refractivity contribution in [1.29, 1.82) is 0 Å². The topological polar surface area (TPSA) is 72.7 Å². The maximum Gasteiger partial charge on any atom is 0.230 e. The van der Waals surface area contributed by atoms with Crippen molar-refractivity contribution >= 4 is 17.7 Å². The van der Waals surface area contributed by atoms with E-state index < -0.39 is 0 Å². The third-order valence-electron chi connectivity index (χ3n) is 2.26. The van der Waals surface area contributed by atoms with Crippen LogP contribution >= 0.6 is 11.8 Å². The van der Waals surface area contributed by atoms with Gasteiger partial charge in [-0.25, -0.2) is 4.68 Å². The highest BCUT2D eigenvalue weighted by Gasteiger charge is 2.27. The van der Waals surface area contributed by atoms with E-state index in [2.05, 4.69) is 20.8 Å². The summed E-state index contributed by atoms with van der Waals surface area (Å²) in [5, 5.41) is 15.0. The van der Waals surface area contributed by atoms with E-state index in [4.69, 9.17) is 0 Å². The summed E-state index contributed by atoms with van der Waals surface area (Å²) in [5.41, 5.74) is 0. The lowest BCUT2D eigenvalue weighted by Gasteiger charge is -2.03. The molecule has 6 nitrogen and oxygen atoms in total. The molecule has 1 aromatic heterocycles. The first-order valence-corrected chi connectivity index (χ1v) is 6.47. The number of tetrazole rings is 1. The highest BCUT2D eigenvalue weighted by molar-refractivity contribution is 7.99. The monoisotopic (exact) mass is 241 g/mol. The van der Waals surface area contributed by atoms with E-state index in [1.54, 1.807) is 0 Å². The van der Waals surface area contributed by atoms with E-state index in [0.29, 0.717) is 11.8 Å². The van der Waals surface area contributed by atoms with Crippen molar-refractivity contribution in [2.75, 3.05) is 12.3 Å². The van der Waals surface area contributed by atoms with Crippen LogP contribution in [0.4, 0.5) is 0 Å². The molecule has 2 rings (SSSR count). The predicted molar refractivity (Wildman–Crippen MR) is 60.1 cm³/mol. The summed E-state index contributed by atoms with van der Waals surface area (Å²) in [5.74, 6) is 0.421. The Morgan fingerprint density at radius 3 is 3.12 bits per heavy atom. The first kappa shape index (κ1) is 11.4. The molecule has 1 aromatic rings. The van der Waals surface area contributed by atoms with E-state index in [9.17, 15) is 4.79 Å². The smallest absolute Gasteiger partial charge is 0.230 e. The molecule has 1 heterocycles. The Morgan fingerprint density at radius 2 is 2.44 bits per heavy atom. The molecular formula is C9H15N5OS. The first-order valence-electron chi connectivity index (χ1n) is 5.48. The molecule has 1 aliphatic carbocycles. The Hall–Kier alpha value is -1.11. The van der Waals surface area contributed by atoms with E-state index >= 15 is 0 Å². The quantitative estimate of drug-likeness (QED) is 0.739. The van der Waals surface area contributed by atoms with Crippen LogP contribution in [-0.4, -0.2) is 38.4 Å². The molecule has 0 saturated heterocycles. The molecule has 0 unspecified atom stereocenters. The van der Waals surface area contributed by atoms with Crippen LogP contribution in [0.25, 0.3) is 0 Å². The number of hydrogen-bond donors (Lipinski definition) is 1. The van der Waals surface area contributed by atoms with Crippen molar-refractivity contribution in [2.45, 2.75) is 37.4 Å². The summed E-state index contributed by atoms with van der Waals surface area (Å²) >= 11 is 1.40. The van der Waals surface area contributed by atoms with Crippen molar-refractivity contribution in [1.82, 2.24) is 25.5 Å². The molecular weight excluding hydrogens is 226 g/mol. The van der Waals surface area contributed by atoms with Crippen molar-refractivity contribution in [2.24, 2.45) is 0 Å². The minimum Gasteiger partial charge on any atom is -0.355 e. The minimum absolute atomic E-state index is 0.0391. The summed E-state index contributed by atoms with van der Waals surface area (Å²) < 4.78 is 1.82. The lowest BCUT2D eigenvalue weighted by molar-refractivity contribution is -0.118. The van der Waals surface area contributed by atoms with E-state index in [0.717, 1.165) is 31.0 Å². The van der Waals surface area contributed by atoms with Gasteiger partial charge in [-0.05, 0) is 29.7 Å². The summed E-state index contributed by atoms with van der Waals surface area (Å²) in [6, 6.07) is 0.455. The van der Waals surface area contributed by atoms with E-state index in [1.807, 2.05) is 11.6 Å². The molecule has 0 aromatic carbocycles. The standard InChI is InChI=1S/C9H15N5OS/c1-2-5-10-8(15)6-16-9-11-12-13-14(9)7-3-4-7/h7H,2-6H2,1H3,(H,10,15). The van der Waals surface area contributed by atoms with Gasteiger partial charge in [0, 0.05) is 6.54 Å². The van der Waals surface area contributed by atoms with Gasteiger partial charge in [0.15, 0.2) is 0 Å². The number of amides is 1. The number of aromatic nitrogens is 4. The van der Waals surface area contributed by atoms with Crippen molar-refractivity contribution < 1.29 is 4.79 Å². The van der Waals surface area contributed by atoms with Crippen LogP contribution in [0.1, 0.15) is 32.2 Å². The lowest BCUT2D eigenvalue weighted by atomic mass is 10.5. The third-order valence-corrected chi connectivity index (χ3v) is 3.19. The highest BCUT2D eigenvalue weighted by atomic mass is 32.2. The fraction of sp³-hybridized carbons (Fsp3) is 0.778. The van der Waals surface area contributed by atoms with Gasteiger partial charge in [-0.1, -0.05) is 18.7 Å². The number of rotatable bonds is 6. The van der Waals surface area contributed by atoms with Gasteiger partial charge in [-0.2, -0.15) is 0 Å². The Balaban J connectivity index is 1.80. The molecule has 1 N–H and O–H groups in total.